The molecule has 0 saturated heterocycles. The van der Waals surface area contributed by atoms with E-state index in [1.165, 1.54) is 11.8 Å². The van der Waals surface area contributed by atoms with Crippen LogP contribution in [0.25, 0.3) is 11.4 Å². The van der Waals surface area contributed by atoms with Gasteiger partial charge in [-0.2, -0.15) is 0 Å². The summed E-state index contributed by atoms with van der Waals surface area (Å²) < 4.78 is 1.86. The topological polar surface area (TPSA) is 59.8 Å². The van der Waals surface area contributed by atoms with Gasteiger partial charge in [-0.15, -0.1) is 10.2 Å². The minimum Gasteiger partial charge on any atom is -0.355 e. The second kappa shape index (κ2) is 7.84. The van der Waals surface area contributed by atoms with Gasteiger partial charge in [-0.1, -0.05) is 49.3 Å². The van der Waals surface area contributed by atoms with Crippen LogP contribution >= 0.6 is 23.4 Å². The van der Waals surface area contributed by atoms with Crippen LogP contribution in [0.3, 0.4) is 0 Å². The molecule has 0 aliphatic rings. The molecule has 0 radical (unpaired) electrons. The summed E-state index contributed by atoms with van der Waals surface area (Å²) >= 11 is 7.60. The van der Waals surface area contributed by atoms with Gasteiger partial charge in [0.15, 0.2) is 11.0 Å². The molecule has 1 heterocycles. The fourth-order valence-corrected chi connectivity index (χ4v) is 3.01. The van der Waals surface area contributed by atoms with E-state index in [1.807, 2.05) is 42.8 Å². The lowest BCUT2D eigenvalue weighted by Gasteiger charge is -2.13. The van der Waals surface area contributed by atoms with Crippen LogP contribution in [0.2, 0.25) is 5.02 Å². The average molecular weight is 353 g/mol. The Hall–Kier alpha value is -1.53. The summed E-state index contributed by atoms with van der Waals surface area (Å²) in [6.07, 6.45) is 0. The third-order valence-corrected chi connectivity index (χ3v) is 4.75. The van der Waals surface area contributed by atoms with E-state index in [1.54, 1.807) is 0 Å². The van der Waals surface area contributed by atoms with Crippen molar-refractivity contribution in [1.29, 1.82) is 0 Å². The van der Waals surface area contributed by atoms with Gasteiger partial charge in [0.05, 0.1) is 10.3 Å². The first-order valence-corrected chi connectivity index (χ1v) is 8.74. The highest BCUT2D eigenvalue weighted by Crippen LogP contribution is 2.29. The zero-order chi connectivity index (χ0) is 17.0. The molecule has 124 valence electrons. The number of amides is 1. The molecule has 0 bridgehead atoms. The Morgan fingerprint density at radius 1 is 1.30 bits per heavy atom. The van der Waals surface area contributed by atoms with E-state index >= 15 is 0 Å². The maximum absolute atomic E-state index is 12.1. The second-order valence-electron chi connectivity index (χ2n) is 5.74. The van der Waals surface area contributed by atoms with Gasteiger partial charge >= 0.3 is 0 Å². The molecule has 0 fully saturated rings. The highest BCUT2D eigenvalue weighted by molar-refractivity contribution is 8.00. The molecule has 5 nitrogen and oxygen atoms in total. The molecule has 1 aromatic carbocycles. The molecule has 2 rings (SSSR count). The van der Waals surface area contributed by atoms with Crippen molar-refractivity contribution in [2.24, 2.45) is 13.0 Å². The van der Waals surface area contributed by atoms with Crippen LogP contribution in [0.15, 0.2) is 29.4 Å². The van der Waals surface area contributed by atoms with Gasteiger partial charge in [0, 0.05) is 19.2 Å². The Balaban J connectivity index is 2.11. The van der Waals surface area contributed by atoms with E-state index in [0.29, 0.717) is 28.5 Å². The molecule has 7 heteroatoms. The molecular weight excluding hydrogens is 332 g/mol. The predicted octanol–water partition coefficient (Wildman–Crippen LogP) is 3.39. The van der Waals surface area contributed by atoms with Gasteiger partial charge in [-0.25, -0.2) is 0 Å². The first-order chi connectivity index (χ1) is 10.9. The van der Waals surface area contributed by atoms with Gasteiger partial charge < -0.3 is 9.88 Å². The number of aromatic nitrogens is 3. The van der Waals surface area contributed by atoms with Crippen molar-refractivity contribution in [3.8, 4) is 11.4 Å². The summed E-state index contributed by atoms with van der Waals surface area (Å²) in [5.74, 6) is 1.12. The number of hydrogen-bond acceptors (Lipinski definition) is 4. The fraction of sp³-hybridized carbons (Fsp3) is 0.438. The van der Waals surface area contributed by atoms with E-state index in [9.17, 15) is 4.79 Å². The number of carbonyl (C=O) groups is 1. The van der Waals surface area contributed by atoms with E-state index in [-0.39, 0.29) is 11.2 Å². The number of thioether (sulfide) groups is 1. The van der Waals surface area contributed by atoms with E-state index in [4.69, 9.17) is 11.6 Å². The molecule has 0 aliphatic carbocycles. The van der Waals surface area contributed by atoms with E-state index in [0.717, 1.165) is 5.56 Å². The summed E-state index contributed by atoms with van der Waals surface area (Å²) in [6.45, 7) is 6.67. The SMILES string of the molecule is CC(C)CNC(=O)[C@@H](C)Sc1nnc(-c2ccccc2Cl)n1C. The van der Waals surface area contributed by atoms with Crippen LogP contribution in [0, 0.1) is 5.92 Å². The van der Waals surface area contributed by atoms with Crippen LogP contribution in [-0.2, 0) is 11.8 Å². The summed E-state index contributed by atoms with van der Waals surface area (Å²) in [7, 11) is 1.87. The third kappa shape index (κ3) is 4.48. The van der Waals surface area contributed by atoms with Crippen molar-refractivity contribution < 1.29 is 4.79 Å². The van der Waals surface area contributed by atoms with Gasteiger partial charge in [-0.05, 0) is 25.0 Å². The predicted molar refractivity (Wildman–Crippen MR) is 94.6 cm³/mol. The second-order valence-corrected chi connectivity index (χ2v) is 7.46. The van der Waals surface area contributed by atoms with E-state index < -0.39 is 0 Å². The zero-order valence-corrected chi connectivity index (χ0v) is 15.3. The lowest BCUT2D eigenvalue weighted by molar-refractivity contribution is -0.120. The Kier molecular flexibility index (Phi) is 6.07. The van der Waals surface area contributed by atoms with Crippen molar-refractivity contribution in [3.63, 3.8) is 0 Å². The first kappa shape index (κ1) is 17.8. The number of rotatable bonds is 6. The molecule has 2 aromatic rings. The Labute approximate surface area is 145 Å². The molecule has 1 atom stereocenters. The largest absolute Gasteiger partial charge is 0.355 e. The van der Waals surface area contributed by atoms with Crippen LogP contribution < -0.4 is 5.32 Å². The average Bonchev–Trinajstić information content (AvgIpc) is 2.86. The van der Waals surface area contributed by atoms with Crippen LogP contribution in [0.5, 0.6) is 0 Å². The Bertz CT molecular complexity index is 686. The summed E-state index contributed by atoms with van der Waals surface area (Å²) in [6, 6.07) is 7.50. The lowest BCUT2D eigenvalue weighted by Crippen LogP contribution is -2.33. The summed E-state index contributed by atoms with van der Waals surface area (Å²) in [4.78, 5) is 12.1. The monoisotopic (exact) mass is 352 g/mol. The van der Waals surface area contributed by atoms with Crippen molar-refractivity contribution >= 4 is 29.3 Å². The van der Waals surface area contributed by atoms with Crippen molar-refractivity contribution in [2.75, 3.05) is 6.54 Å². The number of nitrogens with one attached hydrogen (secondary N) is 1. The van der Waals surface area contributed by atoms with Gasteiger partial charge in [0.2, 0.25) is 5.91 Å². The smallest absolute Gasteiger partial charge is 0.233 e. The zero-order valence-electron chi connectivity index (χ0n) is 13.7. The van der Waals surface area contributed by atoms with Crippen molar-refractivity contribution in [3.05, 3.63) is 29.3 Å². The van der Waals surface area contributed by atoms with Crippen molar-refractivity contribution in [2.45, 2.75) is 31.2 Å². The van der Waals surface area contributed by atoms with Gasteiger partial charge in [-0.3, -0.25) is 4.79 Å². The molecule has 0 saturated carbocycles. The first-order valence-electron chi connectivity index (χ1n) is 7.48. The maximum atomic E-state index is 12.1. The minimum atomic E-state index is -0.240. The van der Waals surface area contributed by atoms with Gasteiger partial charge in [0.1, 0.15) is 0 Å². The number of benzene rings is 1. The minimum absolute atomic E-state index is 0.00555. The molecule has 0 aliphatic heterocycles. The molecule has 1 aromatic heterocycles. The molecular formula is C16H21ClN4OS. The molecule has 23 heavy (non-hydrogen) atoms. The molecule has 0 spiro atoms. The summed E-state index contributed by atoms with van der Waals surface area (Å²) in [5.41, 5.74) is 0.827. The van der Waals surface area contributed by atoms with Crippen LogP contribution in [0.1, 0.15) is 20.8 Å². The maximum Gasteiger partial charge on any atom is 0.233 e. The number of halogens is 1. The molecule has 0 unspecified atom stereocenters. The van der Waals surface area contributed by atoms with Crippen LogP contribution in [0.4, 0.5) is 0 Å². The Morgan fingerprint density at radius 2 is 2.00 bits per heavy atom. The summed E-state index contributed by atoms with van der Waals surface area (Å²) in [5, 5.41) is 12.4. The standard InChI is InChI=1S/C16H21ClN4OS/c1-10(2)9-18-15(22)11(3)23-16-20-19-14(21(16)4)12-7-5-6-8-13(12)17/h5-8,10-11H,9H2,1-4H3,(H,18,22)/t11-/m1/s1. The lowest BCUT2D eigenvalue weighted by atomic mass is 10.2. The van der Waals surface area contributed by atoms with Crippen LogP contribution in [-0.4, -0.2) is 32.5 Å². The van der Waals surface area contributed by atoms with E-state index in [2.05, 4.69) is 29.4 Å². The number of nitrogens with zero attached hydrogens (tertiary/aromatic N) is 3. The molecule has 1 N–H and O–H groups in total. The third-order valence-electron chi connectivity index (χ3n) is 3.29. The van der Waals surface area contributed by atoms with Crippen molar-refractivity contribution in [1.82, 2.24) is 20.1 Å². The molecule has 1 amide bonds. The number of carbonyl (C=O) groups excluding carboxylic acids is 1. The van der Waals surface area contributed by atoms with Gasteiger partial charge in [0.25, 0.3) is 0 Å². The normalized spacial score (nSPS) is 12.4. The highest BCUT2D eigenvalue weighted by Gasteiger charge is 2.20. The quantitative estimate of drug-likeness (QED) is 0.809. The highest BCUT2D eigenvalue weighted by atomic mass is 35.5. The fourth-order valence-electron chi connectivity index (χ4n) is 1.95. The number of hydrogen-bond donors (Lipinski definition) is 1. The Morgan fingerprint density at radius 3 is 2.65 bits per heavy atom.